The molecule has 0 aromatic carbocycles. The van der Waals surface area contributed by atoms with E-state index >= 15 is 0 Å². The van der Waals surface area contributed by atoms with Crippen molar-refractivity contribution in [1.29, 1.82) is 0 Å². The number of halogens is 2. The fourth-order valence-electron chi connectivity index (χ4n) is 2.08. The molecule has 6 nitrogen and oxygen atoms in total. The highest BCUT2D eigenvalue weighted by Gasteiger charge is 2.21. The number of thiophene rings is 1. The van der Waals surface area contributed by atoms with Gasteiger partial charge in [0, 0.05) is 24.1 Å². The maximum atomic E-state index is 6.17. The summed E-state index contributed by atoms with van der Waals surface area (Å²) in [5, 5.41) is 4.00. The minimum absolute atomic E-state index is 0.257. The number of rotatable bonds is 4. The number of nitrogens with zero attached hydrogens (tertiary/aromatic N) is 3. The second-order valence-corrected chi connectivity index (χ2v) is 7.93. The molecule has 3 rings (SSSR count). The predicted molar refractivity (Wildman–Crippen MR) is 87.2 cm³/mol. The van der Waals surface area contributed by atoms with Crippen molar-refractivity contribution in [3.05, 3.63) is 20.1 Å². The summed E-state index contributed by atoms with van der Waals surface area (Å²) in [5.74, 6) is 1.04. The van der Waals surface area contributed by atoms with E-state index in [-0.39, 0.29) is 6.04 Å². The first-order chi connectivity index (χ1) is 10.1. The Labute approximate surface area is 142 Å². The molecule has 1 aliphatic heterocycles. The molecule has 2 aromatic heterocycles. The molecule has 1 aliphatic rings. The van der Waals surface area contributed by atoms with Gasteiger partial charge in [0.05, 0.1) is 27.9 Å². The van der Waals surface area contributed by atoms with Crippen molar-refractivity contribution >= 4 is 43.2 Å². The Kier molecular flexibility index (Phi) is 5.07. The molecule has 2 N–H and O–H groups in total. The number of hydrogen-bond acceptors (Lipinski definition) is 7. The Bertz CT molecular complexity index is 593. The van der Waals surface area contributed by atoms with E-state index < -0.39 is 0 Å². The van der Waals surface area contributed by atoms with E-state index in [1.807, 2.05) is 6.07 Å². The van der Waals surface area contributed by atoms with Crippen molar-refractivity contribution in [2.45, 2.75) is 6.04 Å². The van der Waals surface area contributed by atoms with E-state index in [9.17, 15) is 0 Å². The van der Waals surface area contributed by atoms with Crippen molar-refractivity contribution in [2.24, 2.45) is 5.73 Å². The summed E-state index contributed by atoms with van der Waals surface area (Å²) in [6.45, 7) is 4.00. The SMILES string of the molecule is NC(CN1CCOCC1)c1noc(-c2cc(Br)c(Br)s2)n1. The summed E-state index contributed by atoms with van der Waals surface area (Å²) < 4.78 is 12.6. The van der Waals surface area contributed by atoms with Crippen LogP contribution in [-0.2, 0) is 4.74 Å². The van der Waals surface area contributed by atoms with Gasteiger partial charge in [-0.25, -0.2) is 0 Å². The van der Waals surface area contributed by atoms with E-state index in [0.717, 1.165) is 39.4 Å². The average molecular weight is 438 g/mol. The molecule has 0 radical (unpaired) electrons. The molecule has 1 atom stereocenters. The lowest BCUT2D eigenvalue weighted by molar-refractivity contribution is 0.0348. The van der Waals surface area contributed by atoms with E-state index in [2.05, 4.69) is 46.9 Å². The lowest BCUT2D eigenvalue weighted by atomic mass is 10.2. The van der Waals surface area contributed by atoms with Gasteiger partial charge in [-0.1, -0.05) is 5.16 Å². The average Bonchev–Trinajstić information content (AvgIpc) is 3.08. The van der Waals surface area contributed by atoms with Crippen molar-refractivity contribution in [3.8, 4) is 10.8 Å². The summed E-state index contributed by atoms with van der Waals surface area (Å²) in [7, 11) is 0. The van der Waals surface area contributed by atoms with E-state index in [4.69, 9.17) is 15.0 Å². The molecule has 0 saturated carbocycles. The van der Waals surface area contributed by atoms with Crippen LogP contribution in [0.1, 0.15) is 11.9 Å². The van der Waals surface area contributed by atoms with Crippen LogP contribution in [0.2, 0.25) is 0 Å². The van der Waals surface area contributed by atoms with E-state index in [1.165, 1.54) is 11.3 Å². The number of ether oxygens (including phenoxy) is 1. The van der Waals surface area contributed by atoms with Gasteiger partial charge in [-0.2, -0.15) is 4.98 Å². The Morgan fingerprint density at radius 1 is 1.38 bits per heavy atom. The Balaban J connectivity index is 1.68. The van der Waals surface area contributed by atoms with Gasteiger partial charge in [0.15, 0.2) is 5.82 Å². The first-order valence-electron chi connectivity index (χ1n) is 6.48. The largest absolute Gasteiger partial charge is 0.379 e. The Morgan fingerprint density at radius 3 is 2.81 bits per heavy atom. The van der Waals surface area contributed by atoms with Crippen LogP contribution in [0.15, 0.2) is 18.8 Å². The minimum atomic E-state index is -0.257. The third-order valence-corrected chi connectivity index (χ3v) is 6.43. The van der Waals surface area contributed by atoms with Crippen molar-refractivity contribution in [3.63, 3.8) is 0 Å². The molecule has 1 fully saturated rings. The fourth-order valence-corrected chi connectivity index (χ4v) is 4.04. The lowest BCUT2D eigenvalue weighted by Crippen LogP contribution is -2.40. The molecule has 1 saturated heterocycles. The molecule has 2 aromatic rings. The summed E-state index contributed by atoms with van der Waals surface area (Å²) in [6.07, 6.45) is 0. The molecule has 114 valence electrons. The standard InChI is InChI=1S/C12H14Br2N4O2S/c13-7-5-9(21-10(7)14)12-16-11(17-20-12)8(15)6-18-1-3-19-4-2-18/h5,8H,1-4,6,15H2. The highest BCUT2D eigenvalue weighted by molar-refractivity contribution is 9.13. The molecule has 0 spiro atoms. The zero-order chi connectivity index (χ0) is 14.8. The highest BCUT2D eigenvalue weighted by Crippen LogP contribution is 2.37. The van der Waals surface area contributed by atoms with Crippen LogP contribution in [0, 0.1) is 0 Å². The van der Waals surface area contributed by atoms with Crippen LogP contribution in [0.3, 0.4) is 0 Å². The van der Waals surface area contributed by atoms with Crippen LogP contribution < -0.4 is 5.73 Å². The van der Waals surface area contributed by atoms with Crippen molar-refractivity contribution in [2.75, 3.05) is 32.8 Å². The highest BCUT2D eigenvalue weighted by atomic mass is 79.9. The van der Waals surface area contributed by atoms with Gasteiger partial charge in [0.25, 0.3) is 5.89 Å². The van der Waals surface area contributed by atoms with Gasteiger partial charge < -0.3 is 15.0 Å². The Hall–Kier alpha value is -0.320. The van der Waals surface area contributed by atoms with Crippen molar-refractivity contribution in [1.82, 2.24) is 15.0 Å². The van der Waals surface area contributed by atoms with Gasteiger partial charge in [0.2, 0.25) is 0 Å². The second-order valence-electron chi connectivity index (χ2n) is 4.71. The predicted octanol–water partition coefficient (Wildman–Crippen LogP) is 2.66. The van der Waals surface area contributed by atoms with Gasteiger partial charge in [-0.3, -0.25) is 4.90 Å². The second kappa shape index (κ2) is 6.84. The van der Waals surface area contributed by atoms with Crippen LogP contribution in [0.5, 0.6) is 0 Å². The smallest absolute Gasteiger partial charge is 0.268 e. The minimum Gasteiger partial charge on any atom is -0.379 e. The number of morpholine rings is 1. The zero-order valence-corrected chi connectivity index (χ0v) is 15.1. The molecule has 0 aliphatic carbocycles. The molecule has 1 unspecified atom stereocenters. The quantitative estimate of drug-likeness (QED) is 0.792. The third-order valence-electron chi connectivity index (χ3n) is 3.19. The molecular formula is C12H14Br2N4O2S. The van der Waals surface area contributed by atoms with Crippen molar-refractivity contribution < 1.29 is 9.26 Å². The fraction of sp³-hybridized carbons (Fsp3) is 0.500. The topological polar surface area (TPSA) is 77.4 Å². The van der Waals surface area contributed by atoms with Gasteiger partial charge in [-0.05, 0) is 37.9 Å². The Morgan fingerprint density at radius 2 is 2.14 bits per heavy atom. The summed E-state index contributed by atoms with van der Waals surface area (Å²) in [4.78, 5) is 7.57. The summed E-state index contributed by atoms with van der Waals surface area (Å²) in [6, 6.07) is 1.69. The first-order valence-corrected chi connectivity index (χ1v) is 8.88. The normalized spacial score (nSPS) is 18.0. The lowest BCUT2D eigenvalue weighted by Gasteiger charge is -2.27. The van der Waals surface area contributed by atoms with Crippen LogP contribution >= 0.6 is 43.2 Å². The maximum absolute atomic E-state index is 6.17. The number of nitrogens with two attached hydrogens (primary N) is 1. The molecule has 0 amide bonds. The maximum Gasteiger partial charge on any atom is 0.268 e. The molecule has 0 bridgehead atoms. The van der Waals surface area contributed by atoms with Gasteiger partial charge in [0.1, 0.15) is 0 Å². The van der Waals surface area contributed by atoms with E-state index in [0.29, 0.717) is 18.3 Å². The number of aromatic nitrogens is 2. The summed E-state index contributed by atoms with van der Waals surface area (Å²) in [5.41, 5.74) is 6.17. The third kappa shape index (κ3) is 3.72. The van der Waals surface area contributed by atoms with Crippen LogP contribution in [0.4, 0.5) is 0 Å². The molecule has 9 heteroatoms. The molecular weight excluding hydrogens is 424 g/mol. The van der Waals surface area contributed by atoms with Gasteiger partial charge >= 0.3 is 0 Å². The van der Waals surface area contributed by atoms with E-state index in [1.54, 1.807) is 0 Å². The molecule has 21 heavy (non-hydrogen) atoms. The zero-order valence-electron chi connectivity index (χ0n) is 11.1. The first kappa shape index (κ1) is 15.6. The van der Waals surface area contributed by atoms with Crippen LogP contribution in [-0.4, -0.2) is 47.9 Å². The molecule has 3 heterocycles. The summed E-state index contributed by atoms with van der Waals surface area (Å²) >= 11 is 8.43. The monoisotopic (exact) mass is 436 g/mol. The van der Waals surface area contributed by atoms with Crippen LogP contribution in [0.25, 0.3) is 10.8 Å². The number of hydrogen-bond donors (Lipinski definition) is 1. The van der Waals surface area contributed by atoms with Gasteiger partial charge in [-0.15, -0.1) is 11.3 Å².